The highest BCUT2D eigenvalue weighted by molar-refractivity contribution is 8.00. The number of allylic oxidation sites excluding steroid dienone is 1. The van der Waals surface area contributed by atoms with Crippen LogP contribution in [0.25, 0.3) is 21.5 Å². The molecule has 128 valence electrons. The third-order valence-corrected chi connectivity index (χ3v) is 6.00. The molecule has 8 heteroatoms. The van der Waals surface area contributed by atoms with E-state index in [1.54, 1.807) is 23.0 Å². The van der Waals surface area contributed by atoms with E-state index in [9.17, 15) is 9.59 Å². The van der Waals surface area contributed by atoms with E-state index in [4.69, 9.17) is 9.15 Å². The molecule has 3 aromatic heterocycles. The van der Waals surface area contributed by atoms with E-state index in [0.717, 1.165) is 5.56 Å². The largest absolute Gasteiger partial charge is 0.465 e. The Morgan fingerprint density at radius 2 is 2.36 bits per heavy atom. The highest BCUT2D eigenvalue weighted by Gasteiger charge is 2.30. The summed E-state index contributed by atoms with van der Waals surface area (Å²) in [6, 6.07) is 3.60. The summed E-state index contributed by atoms with van der Waals surface area (Å²) in [7, 11) is 0. The van der Waals surface area contributed by atoms with Gasteiger partial charge in [-0.1, -0.05) is 17.8 Å². The SMILES string of the molecule is C=CCn1c(SC2CCOC2=O)nc2scc(-c3ccco3)c2c1=O. The zero-order valence-electron chi connectivity index (χ0n) is 13.1. The number of thiophene rings is 1. The smallest absolute Gasteiger partial charge is 0.319 e. The Morgan fingerprint density at radius 3 is 3.04 bits per heavy atom. The number of rotatable bonds is 5. The average Bonchev–Trinajstić information content (AvgIpc) is 3.32. The molecule has 25 heavy (non-hydrogen) atoms. The molecule has 0 aromatic carbocycles. The summed E-state index contributed by atoms with van der Waals surface area (Å²) in [5, 5.41) is 2.58. The summed E-state index contributed by atoms with van der Waals surface area (Å²) in [5.74, 6) is 0.377. The van der Waals surface area contributed by atoms with Crippen molar-refractivity contribution in [1.82, 2.24) is 9.55 Å². The second-order valence-electron chi connectivity index (χ2n) is 5.47. The lowest BCUT2D eigenvalue weighted by molar-refractivity contribution is -0.137. The van der Waals surface area contributed by atoms with Crippen molar-refractivity contribution in [3.63, 3.8) is 0 Å². The van der Waals surface area contributed by atoms with E-state index in [2.05, 4.69) is 11.6 Å². The van der Waals surface area contributed by atoms with Gasteiger partial charge in [-0.3, -0.25) is 14.2 Å². The maximum absolute atomic E-state index is 13.1. The number of nitrogens with zero attached hydrogens (tertiary/aromatic N) is 2. The van der Waals surface area contributed by atoms with Gasteiger partial charge in [-0.25, -0.2) is 4.98 Å². The number of thioether (sulfide) groups is 1. The van der Waals surface area contributed by atoms with Crippen LogP contribution in [0.3, 0.4) is 0 Å². The molecule has 0 bridgehead atoms. The van der Waals surface area contributed by atoms with Crippen molar-refractivity contribution in [3.05, 3.63) is 46.8 Å². The van der Waals surface area contributed by atoms with Crippen LogP contribution in [0, 0.1) is 0 Å². The second-order valence-corrected chi connectivity index (χ2v) is 7.50. The number of carbonyl (C=O) groups is 1. The van der Waals surface area contributed by atoms with Crippen LogP contribution in [0.15, 0.2) is 50.8 Å². The van der Waals surface area contributed by atoms with Gasteiger partial charge in [-0.05, 0) is 12.1 Å². The molecule has 1 atom stereocenters. The monoisotopic (exact) mass is 374 g/mol. The van der Waals surface area contributed by atoms with E-state index >= 15 is 0 Å². The summed E-state index contributed by atoms with van der Waals surface area (Å²) in [6.45, 7) is 4.45. The molecule has 1 saturated heterocycles. The number of hydrogen-bond acceptors (Lipinski definition) is 7. The van der Waals surface area contributed by atoms with Crippen LogP contribution in [-0.4, -0.2) is 27.4 Å². The summed E-state index contributed by atoms with van der Waals surface area (Å²) < 4.78 is 12.0. The maximum Gasteiger partial charge on any atom is 0.319 e. The first-order valence-electron chi connectivity index (χ1n) is 7.69. The Hall–Kier alpha value is -2.32. The lowest BCUT2D eigenvalue weighted by atomic mass is 10.2. The minimum atomic E-state index is -0.329. The second kappa shape index (κ2) is 6.53. The van der Waals surface area contributed by atoms with Crippen molar-refractivity contribution < 1.29 is 13.9 Å². The van der Waals surface area contributed by atoms with E-state index in [0.29, 0.717) is 40.7 Å². The Kier molecular flexibility index (Phi) is 4.22. The van der Waals surface area contributed by atoms with Gasteiger partial charge in [0.15, 0.2) is 5.16 Å². The third kappa shape index (κ3) is 2.81. The number of cyclic esters (lactones) is 1. The first-order valence-corrected chi connectivity index (χ1v) is 9.45. The van der Waals surface area contributed by atoms with Gasteiger partial charge in [0.25, 0.3) is 5.56 Å². The number of ether oxygens (including phenoxy) is 1. The number of fused-ring (bicyclic) bond motifs is 1. The Balaban J connectivity index is 1.86. The molecule has 0 spiro atoms. The van der Waals surface area contributed by atoms with Gasteiger partial charge < -0.3 is 9.15 Å². The molecule has 1 aliphatic rings. The molecule has 3 aromatic rings. The minimum Gasteiger partial charge on any atom is -0.465 e. The van der Waals surface area contributed by atoms with Crippen LogP contribution in [0.2, 0.25) is 0 Å². The van der Waals surface area contributed by atoms with Crippen molar-refractivity contribution >= 4 is 39.3 Å². The molecular formula is C17H14N2O4S2. The summed E-state index contributed by atoms with van der Waals surface area (Å²) >= 11 is 2.66. The number of aromatic nitrogens is 2. The Labute approximate surface area is 151 Å². The van der Waals surface area contributed by atoms with Crippen LogP contribution in [-0.2, 0) is 16.1 Å². The normalized spacial score (nSPS) is 17.1. The van der Waals surface area contributed by atoms with Crippen LogP contribution < -0.4 is 5.56 Å². The highest BCUT2D eigenvalue weighted by Crippen LogP contribution is 2.34. The first-order chi connectivity index (χ1) is 12.2. The maximum atomic E-state index is 13.1. The quantitative estimate of drug-likeness (QED) is 0.387. The van der Waals surface area contributed by atoms with Gasteiger partial charge in [-0.15, -0.1) is 17.9 Å². The molecule has 0 aliphatic carbocycles. The third-order valence-electron chi connectivity index (χ3n) is 3.89. The number of hydrogen-bond donors (Lipinski definition) is 0. The van der Waals surface area contributed by atoms with Crippen LogP contribution in [0.1, 0.15) is 6.42 Å². The van der Waals surface area contributed by atoms with Gasteiger partial charge in [-0.2, -0.15) is 0 Å². The molecule has 0 radical (unpaired) electrons. The molecule has 1 unspecified atom stereocenters. The molecule has 0 N–H and O–H groups in total. The van der Waals surface area contributed by atoms with Gasteiger partial charge in [0, 0.05) is 23.9 Å². The summed E-state index contributed by atoms with van der Waals surface area (Å²) in [6.07, 6.45) is 3.84. The van der Waals surface area contributed by atoms with Crippen molar-refractivity contribution in [2.75, 3.05) is 6.61 Å². The standard InChI is InChI=1S/C17H14N2O4S2/c1-2-6-19-15(20)13-10(11-4-3-7-22-11)9-24-14(13)18-17(19)25-12-5-8-23-16(12)21/h2-4,7,9,12H,1,5-6,8H2. The van der Waals surface area contributed by atoms with Crippen molar-refractivity contribution in [2.45, 2.75) is 23.4 Å². The fourth-order valence-electron chi connectivity index (χ4n) is 2.71. The molecule has 1 fully saturated rings. The van der Waals surface area contributed by atoms with E-state index < -0.39 is 0 Å². The van der Waals surface area contributed by atoms with Crippen molar-refractivity contribution in [2.24, 2.45) is 0 Å². The fourth-order valence-corrected chi connectivity index (χ4v) is 4.75. The van der Waals surface area contributed by atoms with Gasteiger partial charge >= 0.3 is 5.97 Å². The lowest BCUT2D eigenvalue weighted by Gasteiger charge is -2.12. The molecule has 1 aliphatic heterocycles. The van der Waals surface area contributed by atoms with Gasteiger partial charge in [0.2, 0.25) is 0 Å². The van der Waals surface area contributed by atoms with Crippen LogP contribution in [0.5, 0.6) is 0 Å². The van der Waals surface area contributed by atoms with Gasteiger partial charge in [0.1, 0.15) is 15.8 Å². The predicted octanol–water partition coefficient (Wildman–Crippen LogP) is 3.31. The van der Waals surface area contributed by atoms with E-state index in [1.807, 2.05) is 11.4 Å². The average molecular weight is 374 g/mol. The summed E-state index contributed by atoms with van der Waals surface area (Å²) in [4.78, 5) is 30.1. The first kappa shape index (κ1) is 16.2. The number of furan rings is 1. The molecule has 0 saturated carbocycles. The summed E-state index contributed by atoms with van der Waals surface area (Å²) in [5.41, 5.74) is 0.573. The van der Waals surface area contributed by atoms with E-state index in [-0.39, 0.29) is 16.8 Å². The molecule has 4 rings (SSSR count). The molecular weight excluding hydrogens is 360 g/mol. The van der Waals surface area contributed by atoms with E-state index in [1.165, 1.54) is 23.1 Å². The van der Waals surface area contributed by atoms with Gasteiger partial charge in [0.05, 0.1) is 18.3 Å². The van der Waals surface area contributed by atoms with Crippen LogP contribution in [0.4, 0.5) is 0 Å². The fraction of sp³-hybridized carbons (Fsp3) is 0.235. The van der Waals surface area contributed by atoms with Crippen LogP contribution >= 0.6 is 23.1 Å². The Morgan fingerprint density at radius 1 is 1.48 bits per heavy atom. The highest BCUT2D eigenvalue weighted by atomic mass is 32.2. The van der Waals surface area contributed by atoms with Crippen molar-refractivity contribution in [3.8, 4) is 11.3 Å². The number of carbonyl (C=O) groups excluding carboxylic acids is 1. The van der Waals surface area contributed by atoms with Crippen molar-refractivity contribution in [1.29, 1.82) is 0 Å². The number of esters is 1. The zero-order valence-corrected chi connectivity index (χ0v) is 14.8. The topological polar surface area (TPSA) is 74.3 Å². The molecule has 0 amide bonds. The Bertz CT molecular complexity index is 1000. The molecule has 6 nitrogen and oxygen atoms in total. The predicted molar refractivity (Wildman–Crippen MR) is 97.0 cm³/mol. The zero-order chi connectivity index (χ0) is 17.4. The lowest BCUT2D eigenvalue weighted by Crippen LogP contribution is -2.24. The molecule has 4 heterocycles. The minimum absolute atomic E-state index is 0.161.